The van der Waals surface area contributed by atoms with Crippen LogP contribution in [0.3, 0.4) is 0 Å². The lowest BCUT2D eigenvalue weighted by Crippen LogP contribution is -2.51. The Hall–Kier alpha value is -5.17. The fourth-order valence-electron chi connectivity index (χ4n) is 7.90. The van der Waals surface area contributed by atoms with E-state index in [2.05, 4.69) is 52.0 Å². The van der Waals surface area contributed by atoms with Gasteiger partial charge in [-0.1, -0.05) is 83.1 Å². The molecule has 1 aromatic heterocycles. The highest BCUT2D eigenvalue weighted by Crippen LogP contribution is 2.58. The van der Waals surface area contributed by atoms with E-state index in [-0.39, 0.29) is 52.8 Å². The van der Waals surface area contributed by atoms with Gasteiger partial charge in [0.15, 0.2) is 11.2 Å². The number of methoxy groups -OCH3 is 1. The lowest BCUT2D eigenvalue weighted by molar-refractivity contribution is -0.138. The van der Waals surface area contributed by atoms with E-state index in [0.717, 1.165) is 58.2 Å². The summed E-state index contributed by atoms with van der Waals surface area (Å²) in [5, 5.41) is 6.98. The summed E-state index contributed by atoms with van der Waals surface area (Å²) in [7, 11) is 1.30. The van der Waals surface area contributed by atoms with Gasteiger partial charge >= 0.3 is 6.09 Å². The molecule has 0 radical (unpaired) electrons. The molecule has 12 nitrogen and oxygen atoms in total. The Kier molecular flexibility index (Phi) is 11.2. The van der Waals surface area contributed by atoms with Crippen molar-refractivity contribution >= 4 is 52.1 Å². The van der Waals surface area contributed by atoms with Crippen molar-refractivity contribution in [2.24, 2.45) is 16.7 Å². The molecule has 3 fully saturated rings. The van der Waals surface area contributed by atoms with Crippen LogP contribution in [-0.2, 0) is 19.1 Å². The van der Waals surface area contributed by atoms with Gasteiger partial charge < -0.3 is 30.2 Å². The highest BCUT2D eigenvalue weighted by Gasteiger charge is 2.55. The van der Waals surface area contributed by atoms with Crippen molar-refractivity contribution in [2.75, 3.05) is 32.5 Å². The molecule has 1 saturated carbocycles. The number of carbonyl (C=O) groups is 5. The van der Waals surface area contributed by atoms with E-state index >= 15 is 0 Å². The largest absolute Gasteiger partial charge is 0.453 e. The van der Waals surface area contributed by atoms with Gasteiger partial charge in [0.25, 0.3) is 5.91 Å². The number of rotatable bonds is 11. The molecule has 3 heterocycles. The minimum atomic E-state index is -0.695. The number of imidazole rings is 1. The zero-order valence-corrected chi connectivity index (χ0v) is 34.3. The number of alkyl carbamates (subject to hydrolysis) is 1. The van der Waals surface area contributed by atoms with Crippen molar-refractivity contribution < 1.29 is 28.7 Å². The second-order valence-corrected chi connectivity index (χ2v) is 18.5. The zero-order chi connectivity index (χ0) is 40.6. The number of fused-ring (bicyclic) bond motifs is 1. The summed E-state index contributed by atoms with van der Waals surface area (Å²) >= 11 is 1.42. The summed E-state index contributed by atoms with van der Waals surface area (Å²) in [6.07, 6.45) is 4.55. The maximum Gasteiger partial charge on any atom is 0.407 e. The van der Waals surface area contributed by atoms with Crippen LogP contribution < -0.4 is 10.6 Å². The third-order valence-corrected chi connectivity index (χ3v) is 12.5. The first kappa shape index (κ1) is 40.0. The Morgan fingerprint density at radius 3 is 2.26 bits per heavy atom. The highest BCUT2D eigenvalue weighted by atomic mass is 32.2. The number of carbonyl (C=O) groups excluding carboxylic acids is 5. The van der Waals surface area contributed by atoms with Gasteiger partial charge in [-0.15, -0.1) is 11.8 Å². The van der Waals surface area contributed by atoms with E-state index in [9.17, 15) is 24.0 Å². The maximum absolute atomic E-state index is 13.9. The summed E-state index contributed by atoms with van der Waals surface area (Å²) in [5.74, 6) is 0.635. The van der Waals surface area contributed by atoms with Crippen LogP contribution in [0.25, 0.3) is 33.2 Å². The van der Waals surface area contributed by atoms with Gasteiger partial charge in [0.2, 0.25) is 11.8 Å². The molecule has 300 valence electrons. The molecule has 4 aromatic rings. The fraction of sp³-hybridized carbons (Fsp3) is 0.455. The number of benzene rings is 3. The Bertz CT molecular complexity index is 2190. The third kappa shape index (κ3) is 8.88. The van der Waals surface area contributed by atoms with Crippen molar-refractivity contribution in [1.82, 2.24) is 30.4 Å². The average molecular weight is 793 g/mol. The second kappa shape index (κ2) is 16.0. The smallest absolute Gasteiger partial charge is 0.407 e. The molecule has 3 aliphatic rings. The molecule has 7 rings (SSSR count). The fourth-order valence-corrected chi connectivity index (χ4v) is 9.06. The van der Waals surface area contributed by atoms with Gasteiger partial charge in [0.1, 0.15) is 11.9 Å². The number of amides is 4. The Morgan fingerprint density at radius 2 is 1.61 bits per heavy atom. The molecule has 3 N–H and O–H groups in total. The number of Topliss-reactive ketones (excluding diaryl/α,β-unsaturated/α-hetero) is 1. The monoisotopic (exact) mass is 792 g/mol. The normalized spacial score (nSPS) is 19.2. The molecule has 0 bridgehead atoms. The number of aromatic amines is 1. The first-order valence-corrected chi connectivity index (χ1v) is 20.7. The number of ether oxygens (including phenoxy) is 1. The van der Waals surface area contributed by atoms with Crippen LogP contribution >= 0.6 is 11.8 Å². The SMILES string of the molecule is COC(=O)N[C@H](C(=O)N1CC2(CC2)C[C@H]1c1ncc(-c2ccc3cc(-c4ccc(C(=O)CNC(=O)[C@@H]5SCCN5C(=O)CC(C)(C)C)cc4)ccc3c2)[nH]1)C(C)C. The zero-order valence-electron chi connectivity index (χ0n) is 33.5. The Labute approximate surface area is 337 Å². The van der Waals surface area contributed by atoms with Gasteiger partial charge in [0.05, 0.1) is 31.6 Å². The minimum absolute atomic E-state index is 0.0442. The van der Waals surface area contributed by atoms with Gasteiger partial charge in [0, 0.05) is 36.4 Å². The predicted octanol–water partition coefficient (Wildman–Crippen LogP) is 6.97. The number of nitrogens with one attached hydrogen (secondary N) is 3. The number of thioether (sulfide) groups is 1. The second-order valence-electron chi connectivity index (χ2n) is 17.3. The number of aromatic nitrogens is 2. The van der Waals surface area contributed by atoms with Crippen LogP contribution in [-0.4, -0.2) is 93.3 Å². The molecule has 57 heavy (non-hydrogen) atoms. The molecule has 1 aliphatic carbocycles. The van der Waals surface area contributed by atoms with E-state index < -0.39 is 17.5 Å². The molecule has 13 heteroatoms. The molecule has 3 aromatic carbocycles. The standard InChI is InChI=1S/C44H52N6O6S/c1-26(2)37(48-42(55)56-6)40(54)50-25-44(15-16-44)21-34(50)38-45-23-33(47-38)32-14-13-30-19-29(11-12-31(30)20-32)27-7-9-28(10-8-27)35(51)24-46-39(53)41-49(17-18-57-41)36(52)22-43(3,4)5/h7-14,19-20,23,26,34,37,41H,15-18,21-22,24-25H2,1-6H3,(H,45,47)(H,46,53)(H,48,55)/t34-,37-,41-/m0/s1. The molecular formula is C44H52N6O6S. The first-order valence-electron chi connectivity index (χ1n) is 19.7. The molecular weight excluding hydrogens is 741 g/mol. The van der Waals surface area contributed by atoms with Gasteiger partial charge in [-0.25, -0.2) is 9.78 Å². The summed E-state index contributed by atoms with van der Waals surface area (Å²) < 4.78 is 4.80. The number of H-pyrrole nitrogens is 1. The Balaban J connectivity index is 0.993. The van der Waals surface area contributed by atoms with Crippen molar-refractivity contribution in [3.05, 3.63) is 78.2 Å². The quantitative estimate of drug-likeness (QED) is 0.138. The van der Waals surface area contributed by atoms with Crippen LogP contribution in [0.4, 0.5) is 4.79 Å². The van der Waals surface area contributed by atoms with Crippen LogP contribution in [0.2, 0.25) is 0 Å². The molecule has 0 unspecified atom stereocenters. The van der Waals surface area contributed by atoms with Gasteiger partial charge in [-0.2, -0.15) is 0 Å². The van der Waals surface area contributed by atoms with E-state index in [1.165, 1.54) is 18.9 Å². The topological polar surface area (TPSA) is 154 Å². The molecule has 1 spiro atoms. The number of hydrogen-bond donors (Lipinski definition) is 3. The minimum Gasteiger partial charge on any atom is -0.453 e. The van der Waals surface area contributed by atoms with Crippen LogP contribution in [0, 0.1) is 16.7 Å². The summed E-state index contributed by atoms with van der Waals surface area (Å²) in [6, 6.07) is 19.0. The van der Waals surface area contributed by atoms with E-state index in [1.54, 1.807) is 17.0 Å². The van der Waals surface area contributed by atoms with Crippen molar-refractivity contribution in [3.8, 4) is 22.4 Å². The maximum atomic E-state index is 13.9. The molecule has 3 atom stereocenters. The lowest BCUT2D eigenvalue weighted by Gasteiger charge is -2.30. The molecule has 2 aliphatic heterocycles. The van der Waals surface area contributed by atoms with E-state index in [1.807, 2.05) is 57.8 Å². The van der Waals surface area contributed by atoms with Crippen molar-refractivity contribution in [2.45, 2.75) is 77.8 Å². The average Bonchev–Trinajstić information content (AvgIpc) is 3.54. The summed E-state index contributed by atoms with van der Waals surface area (Å²) in [4.78, 5) is 76.6. The number of ketones is 1. The lowest BCUT2D eigenvalue weighted by atomic mass is 9.91. The number of likely N-dealkylation sites (tertiary alicyclic amines) is 1. The van der Waals surface area contributed by atoms with E-state index in [4.69, 9.17) is 9.72 Å². The van der Waals surface area contributed by atoms with Crippen LogP contribution in [0.1, 0.15) is 82.5 Å². The first-order chi connectivity index (χ1) is 27.1. The predicted molar refractivity (Wildman–Crippen MR) is 221 cm³/mol. The number of nitrogens with zero attached hydrogens (tertiary/aromatic N) is 3. The van der Waals surface area contributed by atoms with Gasteiger partial charge in [-0.05, 0) is 70.0 Å². The Morgan fingerprint density at radius 1 is 0.947 bits per heavy atom. The van der Waals surface area contributed by atoms with Crippen LogP contribution in [0.15, 0.2) is 66.9 Å². The van der Waals surface area contributed by atoms with Gasteiger partial charge in [-0.3, -0.25) is 19.2 Å². The summed E-state index contributed by atoms with van der Waals surface area (Å²) in [5.41, 5.74) is 4.24. The summed E-state index contributed by atoms with van der Waals surface area (Å²) in [6.45, 7) is 10.9. The molecule has 4 amide bonds. The molecule has 2 saturated heterocycles. The highest BCUT2D eigenvalue weighted by molar-refractivity contribution is 8.00. The van der Waals surface area contributed by atoms with Crippen molar-refractivity contribution in [3.63, 3.8) is 0 Å². The van der Waals surface area contributed by atoms with E-state index in [0.29, 0.717) is 30.8 Å². The third-order valence-electron chi connectivity index (χ3n) is 11.3. The van der Waals surface area contributed by atoms with Crippen LogP contribution in [0.5, 0.6) is 0 Å². The van der Waals surface area contributed by atoms with Crippen molar-refractivity contribution in [1.29, 1.82) is 0 Å². The number of hydrogen-bond acceptors (Lipinski definition) is 8.